The lowest BCUT2D eigenvalue weighted by Crippen LogP contribution is -2.33. The number of carbonyl (C=O) groups excluding carboxylic acids is 1. The highest BCUT2D eigenvalue weighted by Crippen LogP contribution is 2.18. The van der Waals surface area contributed by atoms with E-state index in [2.05, 4.69) is 5.32 Å². The van der Waals surface area contributed by atoms with Crippen LogP contribution in [-0.2, 0) is 20.4 Å². The monoisotopic (exact) mass is 375 g/mol. The van der Waals surface area contributed by atoms with Crippen molar-refractivity contribution in [3.05, 3.63) is 70.3 Å². The van der Waals surface area contributed by atoms with Crippen molar-refractivity contribution >= 4 is 21.7 Å². The third-order valence-electron chi connectivity index (χ3n) is 3.74. The molecule has 0 aliphatic heterocycles. The fraction of sp³-hybridized carbons (Fsp3) is 0.263. The minimum atomic E-state index is -3.16. The Labute approximate surface area is 152 Å². The maximum atomic E-state index is 12.4. The number of nitrogens with one attached hydrogen (secondary N) is 1. The zero-order valence-corrected chi connectivity index (χ0v) is 15.6. The van der Waals surface area contributed by atoms with Crippen LogP contribution in [0.3, 0.4) is 0 Å². The molecular formula is C19H21NO5S. The number of aliphatic carboxylic acids is 1. The van der Waals surface area contributed by atoms with Gasteiger partial charge in [0.2, 0.25) is 0 Å². The number of hydrogen-bond donors (Lipinski definition) is 2. The van der Waals surface area contributed by atoms with Gasteiger partial charge in [-0.3, -0.25) is 4.79 Å². The summed E-state index contributed by atoms with van der Waals surface area (Å²) in [5, 5.41) is 12.0. The summed E-state index contributed by atoms with van der Waals surface area (Å²) >= 11 is 0. The largest absolute Gasteiger partial charge is 0.479 e. The summed E-state index contributed by atoms with van der Waals surface area (Å²) in [6.45, 7) is 3.72. The average molecular weight is 375 g/mol. The zero-order chi connectivity index (χ0) is 19.5. The fourth-order valence-electron chi connectivity index (χ4n) is 2.73. The van der Waals surface area contributed by atoms with E-state index in [-0.39, 0.29) is 11.3 Å². The molecule has 0 aliphatic rings. The van der Waals surface area contributed by atoms with E-state index in [9.17, 15) is 23.1 Å². The number of amides is 1. The maximum Gasteiger partial charge on any atom is 0.330 e. The number of sulfone groups is 1. The van der Waals surface area contributed by atoms with Crippen LogP contribution in [-0.4, -0.2) is 31.7 Å². The van der Waals surface area contributed by atoms with E-state index in [0.29, 0.717) is 11.1 Å². The topological polar surface area (TPSA) is 101 Å². The number of hydrogen-bond acceptors (Lipinski definition) is 4. The quantitative estimate of drug-likeness (QED) is 0.807. The summed E-state index contributed by atoms with van der Waals surface area (Å²) in [7, 11) is -3.16. The van der Waals surface area contributed by atoms with E-state index < -0.39 is 27.8 Å². The van der Waals surface area contributed by atoms with Crippen molar-refractivity contribution in [2.24, 2.45) is 0 Å². The van der Waals surface area contributed by atoms with Crippen LogP contribution in [0.15, 0.2) is 42.5 Å². The summed E-state index contributed by atoms with van der Waals surface area (Å²) in [4.78, 5) is 24.0. The predicted molar refractivity (Wildman–Crippen MR) is 98.7 cm³/mol. The lowest BCUT2D eigenvalue weighted by molar-refractivity contribution is -0.139. The molecule has 2 N–H and O–H groups in total. The molecule has 2 rings (SSSR count). The van der Waals surface area contributed by atoms with Gasteiger partial charge >= 0.3 is 5.97 Å². The smallest absolute Gasteiger partial charge is 0.330 e. The predicted octanol–water partition coefficient (Wildman–Crippen LogP) is 2.40. The first-order chi connectivity index (χ1) is 12.0. The van der Waals surface area contributed by atoms with E-state index >= 15 is 0 Å². The molecule has 1 unspecified atom stereocenters. The van der Waals surface area contributed by atoms with Crippen LogP contribution in [0, 0.1) is 13.8 Å². The molecule has 0 saturated heterocycles. The van der Waals surface area contributed by atoms with Crippen molar-refractivity contribution in [1.29, 1.82) is 0 Å². The molecule has 0 bridgehead atoms. The third-order valence-corrected chi connectivity index (χ3v) is 4.60. The average Bonchev–Trinajstić information content (AvgIpc) is 2.50. The number of carbonyl (C=O) groups is 2. The van der Waals surface area contributed by atoms with Crippen LogP contribution in [0.5, 0.6) is 0 Å². The molecule has 138 valence electrons. The number of carboxylic acids is 1. The van der Waals surface area contributed by atoms with Crippen molar-refractivity contribution in [2.45, 2.75) is 25.6 Å². The molecule has 0 aliphatic carbocycles. The molecule has 1 atom stereocenters. The van der Waals surface area contributed by atoms with E-state index in [0.717, 1.165) is 17.4 Å². The molecule has 0 radical (unpaired) electrons. The second-order valence-corrected chi connectivity index (χ2v) is 8.57. The van der Waals surface area contributed by atoms with Crippen molar-refractivity contribution in [3.8, 4) is 0 Å². The minimum absolute atomic E-state index is 0.116. The Hall–Kier alpha value is -2.67. The van der Waals surface area contributed by atoms with Crippen LogP contribution in [0.25, 0.3) is 0 Å². The second-order valence-electron chi connectivity index (χ2n) is 6.43. The van der Waals surface area contributed by atoms with Crippen molar-refractivity contribution in [2.75, 3.05) is 6.26 Å². The molecule has 7 heteroatoms. The first kappa shape index (κ1) is 19.7. The molecule has 1 amide bonds. The van der Waals surface area contributed by atoms with Gasteiger partial charge in [0.05, 0.1) is 5.75 Å². The Morgan fingerprint density at radius 1 is 1.04 bits per heavy atom. The second kappa shape index (κ2) is 7.70. The van der Waals surface area contributed by atoms with Gasteiger partial charge < -0.3 is 10.4 Å². The van der Waals surface area contributed by atoms with E-state index in [1.807, 2.05) is 19.9 Å². The highest BCUT2D eigenvalue weighted by atomic mass is 32.2. The van der Waals surface area contributed by atoms with Gasteiger partial charge in [-0.1, -0.05) is 41.5 Å². The molecule has 0 aromatic heterocycles. The summed E-state index contributed by atoms with van der Waals surface area (Å²) in [5.74, 6) is -1.81. The maximum absolute atomic E-state index is 12.4. The summed E-state index contributed by atoms with van der Waals surface area (Å²) in [6.07, 6.45) is 1.13. The molecule has 26 heavy (non-hydrogen) atoms. The molecular weight excluding hydrogens is 354 g/mol. The van der Waals surface area contributed by atoms with E-state index in [1.54, 1.807) is 24.3 Å². The lowest BCUT2D eigenvalue weighted by Gasteiger charge is -2.16. The number of benzene rings is 2. The summed E-state index contributed by atoms with van der Waals surface area (Å²) in [5.41, 5.74) is 3.14. The highest BCUT2D eigenvalue weighted by Gasteiger charge is 2.23. The van der Waals surface area contributed by atoms with Gasteiger partial charge in [0.15, 0.2) is 15.9 Å². The molecule has 0 saturated carbocycles. The van der Waals surface area contributed by atoms with E-state index in [4.69, 9.17) is 0 Å². The Bertz CT molecular complexity index is 913. The van der Waals surface area contributed by atoms with Gasteiger partial charge in [-0.05, 0) is 37.1 Å². The Balaban J connectivity index is 2.21. The molecule has 0 heterocycles. The highest BCUT2D eigenvalue weighted by molar-refractivity contribution is 7.89. The SMILES string of the molecule is Cc1cc(C)cc(C(NC(=O)c2ccc(CS(C)(=O)=O)cc2)C(=O)O)c1. The van der Waals surface area contributed by atoms with E-state index in [1.165, 1.54) is 12.1 Å². The summed E-state index contributed by atoms with van der Waals surface area (Å²) in [6, 6.07) is 10.3. The molecule has 0 spiro atoms. The Morgan fingerprint density at radius 2 is 1.58 bits per heavy atom. The first-order valence-corrected chi connectivity index (χ1v) is 10.00. The Kier molecular flexibility index (Phi) is 5.82. The van der Waals surface area contributed by atoms with Gasteiger partial charge in [-0.15, -0.1) is 0 Å². The van der Waals surface area contributed by atoms with Gasteiger partial charge in [-0.2, -0.15) is 0 Å². The minimum Gasteiger partial charge on any atom is -0.479 e. The first-order valence-electron chi connectivity index (χ1n) is 7.94. The van der Waals surface area contributed by atoms with Gasteiger partial charge in [0.25, 0.3) is 5.91 Å². The van der Waals surface area contributed by atoms with Crippen molar-refractivity contribution in [1.82, 2.24) is 5.32 Å². The van der Waals surface area contributed by atoms with Gasteiger partial charge in [0.1, 0.15) is 0 Å². The molecule has 6 nitrogen and oxygen atoms in total. The van der Waals surface area contributed by atoms with Crippen molar-refractivity contribution < 1.29 is 23.1 Å². The number of aryl methyl sites for hydroxylation is 2. The Morgan fingerprint density at radius 3 is 2.04 bits per heavy atom. The zero-order valence-electron chi connectivity index (χ0n) is 14.8. The van der Waals surface area contributed by atoms with Gasteiger partial charge in [0, 0.05) is 11.8 Å². The lowest BCUT2D eigenvalue weighted by atomic mass is 10.0. The summed E-state index contributed by atoms with van der Waals surface area (Å²) < 4.78 is 22.6. The van der Waals surface area contributed by atoms with Crippen LogP contribution >= 0.6 is 0 Å². The number of carboxylic acid groups (broad SMARTS) is 1. The van der Waals surface area contributed by atoms with Crippen LogP contribution < -0.4 is 5.32 Å². The van der Waals surface area contributed by atoms with Crippen LogP contribution in [0.2, 0.25) is 0 Å². The normalized spacial score (nSPS) is 12.4. The molecule has 2 aromatic rings. The number of rotatable bonds is 6. The van der Waals surface area contributed by atoms with Crippen molar-refractivity contribution in [3.63, 3.8) is 0 Å². The van der Waals surface area contributed by atoms with Crippen LogP contribution in [0.4, 0.5) is 0 Å². The molecule has 0 fully saturated rings. The van der Waals surface area contributed by atoms with Crippen LogP contribution in [0.1, 0.15) is 38.7 Å². The standard InChI is InChI=1S/C19H21NO5S/c1-12-8-13(2)10-16(9-12)17(19(22)23)20-18(21)15-6-4-14(5-7-15)11-26(3,24)25/h4-10,17H,11H2,1-3H3,(H,20,21)(H,22,23). The third kappa shape index (κ3) is 5.42. The molecule has 2 aromatic carbocycles. The fourth-order valence-corrected chi connectivity index (χ4v) is 3.53. The van der Waals surface area contributed by atoms with Gasteiger partial charge in [-0.25, -0.2) is 13.2 Å².